The van der Waals surface area contributed by atoms with Crippen molar-refractivity contribution in [2.24, 2.45) is 5.73 Å². The molecule has 0 aromatic rings. The van der Waals surface area contributed by atoms with Crippen LogP contribution in [0.3, 0.4) is 0 Å². The minimum atomic E-state index is -0.572. The standard InChI is InChI=1S/C20H37B2N5O4/c1-2-3-7-25-10-12-27(20(31)14-22)15-17(28)6-9-24-8-4-5-11-26(16-18(23)29)19(30)13-21/h24-25H,2-16H2,1H3,(H2,23,29). The van der Waals surface area contributed by atoms with Crippen LogP contribution in [0.25, 0.3) is 0 Å². The Bertz CT molecular complexity index is 552. The molecule has 11 heteroatoms. The van der Waals surface area contributed by atoms with Gasteiger partial charge in [0, 0.05) is 32.6 Å². The molecule has 172 valence electrons. The van der Waals surface area contributed by atoms with Crippen LogP contribution in [0.2, 0.25) is 12.6 Å². The quantitative estimate of drug-likeness (QED) is 0.168. The Morgan fingerprint density at radius 2 is 1.35 bits per heavy atom. The molecule has 0 aromatic carbocycles. The number of primary amides is 1. The van der Waals surface area contributed by atoms with Crippen LogP contribution in [0, 0.1) is 0 Å². The molecule has 0 atom stereocenters. The maximum Gasteiger partial charge on any atom is 0.237 e. The van der Waals surface area contributed by atoms with E-state index in [0.29, 0.717) is 45.6 Å². The van der Waals surface area contributed by atoms with Gasteiger partial charge in [0.25, 0.3) is 0 Å². The molecule has 0 heterocycles. The predicted octanol–water partition coefficient (Wildman–Crippen LogP) is -0.979. The number of hydrogen-bond donors (Lipinski definition) is 3. The Morgan fingerprint density at radius 1 is 0.774 bits per heavy atom. The van der Waals surface area contributed by atoms with E-state index < -0.39 is 5.91 Å². The number of Topliss-reactive ketones (excluding diaryl/α,β-unsaturated/α-hetero) is 1. The first kappa shape index (κ1) is 29.1. The zero-order chi connectivity index (χ0) is 23.5. The van der Waals surface area contributed by atoms with E-state index in [1.807, 2.05) is 0 Å². The lowest BCUT2D eigenvalue weighted by atomic mass is 10.0. The summed E-state index contributed by atoms with van der Waals surface area (Å²) in [6.45, 7) is 5.60. The molecule has 0 unspecified atom stereocenters. The van der Waals surface area contributed by atoms with E-state index in [1.54, 1.807) is 0 Å². The van der Waals surface area contributed by atoms with Crippen LogP contribution in [0.15, 0.2) is 0 Å². The minimum Gasteiger partial charge on any atom is -0.368 e. The van der Waals surface area contributed by atoms with Crippen molar-refractivity contribution in [3.05, 3.63) is 0 Å². The van der Waals surface area contributed by atoms with Crippen molar-refractivity contribution in [2.75, 3.05) is 52.4 Å². The van der Waals surface area contributed by atoms with Crippen molar-refractivity contribution < 1.29 is 19.2 Å². The van der Waals surface area contributed by atoms with E-state index in [4.69, 9.17) is 21.4 Å². The van der Waals surface area contributed by atoms with Crippen LogP contribution < -0.4 is 16.4 Å². The van der Waals surface area contributed by atoms with Crippen LogP contribution in [0.5, 0.6) is 0 Å². The molecule has 0 aliphatic rings. The molecule has 4 N–H and O–H groups in total. The van der Waals surface area contributed by atoms with Crippen molar-refractivity contribution >= 4 is 39.2 Å². The Kier molecular flexibility index (Phi) is 17.7. The number of unbranched alkanes of at least 4 members (excludes halogenated alkanes) is 2. The molecule has 0 rings (SSSR count). The van der Waals surface area contributed by atoms with Gasteiger partial charge in [-0.3, -0.25) is 19.2 Å². The monoisotopic (exact) mass is 433 g/mol. The normalized spacial score (nSPS) is 10.6. The number of nitrogens with one attached hydrogen (secondary N) is 2. The number of carbonyl (C=O) groups is 4. The van der Waals surface area contributed by atoms with Gasteiger partial charge in [0.2, 0.25) is 17.7 Å². The Labute approximate surface area is 189 Å². The zero-order valence-corrected chi connectivity index (χ0v) is 18.9. The van der Waals surface area contributed by atoms with Crippen molar-refractivity contribution in [1.29, 1.82) is 0 Å². The van der Waals surface area contributed by atoms with Gasteiger partial charge < -0.3 is 26.2 Å². The topological polar surface area (TPSA) is 125 Å². The third kappa shape index (κ3) is 15.6. The zero-order valence-electron chi connectivity index (χ0n) is 18.9. The summed E-state index contributed by atoms with van der Waals surface area (Å²) < 4.78 is 0. The maximum absolute atomic E-state index is 12.2. The summed E-state index contributed by atoms with van der Waals surface area (Å²) in [6.07, 6.45) is 3.67. The van der Waals surface area contributed by atoms with E-state index in [1.165, 1.54) is 9.80 Å². The van der Waals surface area contributed by atoms with Gasteiger partial charge in [0.1, 0.15) is 0 Å². The summed E-state index contributed by atoms with van der Waals surface area (Å²) >= 11 is 0. The number of ketones is 1. The molecule has 31 heavy (non-hydrogen) atoms. The SMILES string of the molecule is [B]CC(=O)N(CCCCNCCC(=O)CN(CCNCCCC)C(=O)C[B])CC(N)=O. The van der Waals surface area contributed by atoms with Gasteiger partial charge in [0.05, 0.1) is 28.8 Å². The highest BCUT2D eigenvalue weighted by molar-refractivity contribution is 6.20. The van der Waals surface area contributed by atoms with E-state index in [9.17, 15) is 19.2 Å². The first-order chi connectivity index (χ1) is 14.8. The molecule has 0 aromatic heterocycles. The van der Waals surface area contributed by atoms with Crippen LogP contribution in [0.4, 0.5) is 0 Å². The summed E-state index contributed by atoms with van der Waals surface area (Å²) in [5.74, 6) is -1.14. The summed E-state index contributed by atoms with van der Waals surface area (Å²) in [6, 6.07) is 0. The molecule has 0 saturated heterocycles. The van der Waals surface area contributed by atoms with Gasteiger partial charge in [-0.25, -0.2) is 0 Å². The number of rotatable bonds is 20. The van der Waals surface area contributed by atoms with Crippen LogP contribution in [0.1, 0.15) is 39.0 Å². The van der Waals surface area contributed by atoms with Gasteiger partial charge >= 0.3 is 0 Å². The van der Waals surface area contributed by atoms with Crippen molar-refractivity contribution in [1.82, 2.24) is 20.4 Å². The molecule has 0 aliphatic carbocycles. The largest absolute Gasteiger partial charge is 0.368 e. The Balaban J connectivity index is 4.04. The number of amides is 3. The van der Waals surface area contributed by atoms with Crippen LogP contribution >= 0.6 is 0 Å². The highest BCUT2D eigenvalue weighted by Gasteiger charge is 2.15. The van der Waals surface area contributed by atoms with Gasteiger partial charge in [-0.2, -0.15) is 0 Å². The molecule has 0 spiro atoms. The van der Waals surface area contributed by atoms with Gasteiger partial charge in [-0.15, -0.1) is 0 Å². The molecule has 0 aliphatic heterocycles. The fourth-order valence-corrected chi connectivity index (χ4v) is 2.87. The lowest BCUT2D eigenvalue weighted by Gasteiger charge is -2.22. The first-order valence-corrected chi connectivity index (χ1v) is 11.0. The molecular weight excluding hydrogens is 396 g/mol. The number of nitrogens with zero attached hydrogens (tertiary/aromatic N) is 2. The molecule has 0 fully saturated rings. The molecule has 4 radical (unpaired) electrons. The lowest BCUT2D eigenvalue weighted by molar-refractivity contribution is -0.133. The molecular formula is C20H37B2N5O4. The second-order valence-corrected chi connectivity index (χ2v) is 7.35. The third-order valence-corrected chi connectivity index (χ3v) is 4.65. The van der Waals surface area contributed by atoms with E-state index in [0.717, 1.165) is 25.8 Å². The van der Waals surface area contributed by atoms with Crippen molar-refractivity contribution in [3.63, 3.8) is 0 Å². The van der Waals surface area contributed by atoms with Gasteiger partial charge in [-0.05, 0) is 45.0 Å². The smallest absolute Gasteiger partial charge is 0.237 e. The summed E-state index contributed by atoms with van der Waals surface area (Å²) in [4.78, 5) is 49.7. The van der Waals surface area contributed by atoms with E-state index in [2.05, 4.69) is 17.6 Å². The highest BCUT2D eigenvalue weighted by atomic mass is 16.2. The Morgan fingerprint density at radius 3 is 1.94 bits per heavy atom. The van der Waals surface area contributed by atoms with Crippen LogP contribution in [-0.2, 0) is 19.2 Å². The highest BCUT2D eigenvalue weighted by Crippen LogP contribution is 1.99. The molecule has 0 bridgehead atoms. The fourth-order valence-electron chi connectivity index (χ4n) is 2.87. The van der Waals surface area contributed by atoms with E-state index in [-0.39, 0.29) is 43.3 Å². The second-order valence-electron chi connectivity index (χ2n) is 7.35. The van der Waals surface area contributed by atoms with Crippen molar-refractivity contribution in [3.8, 4) is 0 Å². The number of nitrogens with two attached hydrogens (primary N) is 1. The van der Waals surface area contributed by atoms with Crippen molar-refractivity contribution in [2.45, 2.75) is 51.7 Å². The molecule has 3 amide bonds. The lowest BCUT2D eigenvalue weighted by Crippen LogP contribution is -2.40. The predicted molar refractivity (Wildman–Crippen MR) is 123 cm³/mol. The Hall–Kier alpha value is -1.87. The van der Waals surface area contributed by atoms with E-state index >= 15 is 0 Å². The summed E-state index contributed by atoms with van der Waals surface area (Å²) in [5.41, 5.74) is 5.14. The number of carbonyl (C=O) groups excluding carboxylic acids is 4. The maximum atomic E-state index is 12.2. The molecule has 0 saturated carbocycles. The first-order valence-electron chi connectivity index (χ1n) is 11.0. The van der Waals surface area contributed by atoms with Gasteiger partial charge in [-0.1, -0.05) is 13.3 Å². The van der Waals surface area contributed by atoms with Crippen LogP contribution in [-0.4, -0.2) is 101 Å². The summed E-state index contributed by atoms with van der Waals surface area (Å²) in [7, 11) is 10.8. The summed E-state index contributed by atoms with van der Waals surface area (Å²) in [5, 5.41) is 6.43. The molecule has 9 nitrogen and oxygen atoms in total. The fraction of sp³-hybridized carbons (Fsp3) is 0.800. The second kappa shape index (κ2) is 18.9. The average Bonchev–Trinajstić information content (AvgIpc) is 2.75. The number of hydrogen-bond acceptors (Lipinski definition) is 6. The minimum absolute atomic E-state index is 0.0240. The van der Waals surface area contributed by atoms with Gasteiger partial charge in [0.15, 0.2) is 5.78 Å². The third-order valence-electron chi connectivity index (χ3n) is 4.65. The average molecular weight is 433 g/mol.